The molecule has 1 amide bonds. The molecule has 1 aromatic rings. The second-order valence-corrected chi connectivity index (χ2v) is 4.45. The largest absolute Gasteiger partial charge is 0.462 e. The second-order valence-electron chi connectivity index (χ2n) is 4.45. The Balaban J connectivity index is 2.11. The molecule has 19 heavy (non-hydrogen) atoms. The van der Waals surface area contributed by atoms with Crippen molar-refractivity contribution in [2.45, 2.75) is 13.3 Å². The first kappa shape index (κ1) is 13.5. The molecular weight excluding hydrogens is 244 g/mol. The van der Waals surface area contributed by atoms with E-state index in [1.54, 1.807) is 31.2 Å². The van der Waals surface area contributed by atoms with Crippen LogP contribution >= 0.6 is 0 Å². The van der Waals surface area contributed by atoms with E-state index in [-0.39, 0.29) is 11.8 Å². The van der Waals surface area contributed by atoms with Crippen LogP contribution in [0.1, 0.15) is 23.7 Å². The fraction of sp³-hybridized carbons (Fsp3) is 0.429. The number of ether oxygens (including phenoxy) is 1. The zero-order chi connectivity index (χ0) is 13.7. The number of amides is 1. The number of carbonyl (C=O) groups is 2. The summed E-state index contributed by atoms with van der Waals surface area (Å²) in [4.78, 5) is 23.8. The highest BCUT2D eigenvalue weighted by Crippen LogP contribution is 2.18. The lowest BCUT2D eigenvalue weighted by molar-refractivity contribution is -0.119. The van der Waals surface area contributed by atoms with Gasteiger partial charge in [-0.25, -0.2) is 4.79 Å². The van der Waals surface area contributed by atoms with Gasteiger partial charge < -0.3 is 15.4 Å². The number of nitrogens with one attached hydrogen (secondary N) is 2. The molecule has 0 spiro atoms. The molecule has 1 aliphatic heterocycles. The zero-order valence-electron chi connectivity index (χ0n) is 10.9. The Hall–Kier alpha value is -1.88. The molecule has 0 bridgehead atoms. The Morgan fingerprint density at radius 2 is 2.21 bits per heavy atom. The molecule has 1 unspecified atom stereocenters. The first-order valence-corrected chi connectivity index (χ1v) is 6.50. The van der Waals surface area contributed by atoms with E-state index in [9.17, 15) is 9.59 Å². The van der Waals surface area contributed by atoms with Crippen LogP contribution in [0.4, 0.5) is 5.69 Å². The van der Waals surface area contributed by atoms with E-state index in [0.717, 1.165) is 13.0 Å². The maximum Gasteiger partial charge on any atom is 0.340 e. The molecule has 1 heterocycles. The van der Waals surface area contributed by atoms with Gasteiger partial charge in [0, 0.05) is 6.54 Å². The van der Waals surface area contributed by atoms with Gasteiger partial charge in [-0.2, -0.15) is 0 Å². The lowest BCUT2D eigenvalue weighted by Crippen LogP contribution is -2.25. The van der Waals surface area contributed by atoms with Crippen LogP contribution in [-0.4, -0.2) is 31.6 Å². The smallest absolute Gasteiger partial charge is 0.340 e. The van der Waals surface area contributed by atoms with Gasteiger partial charge in [0.05, 0.1) is 23.8 Å². The van der Waals surface area contributed by atoms with Gasteiger partial charge in [0.25, 0.3) is 0 Å². The fourth-order valence-corrected chi connectivity index (χ4v) is 2.09. The average Bonchev–Trinajstić information content (AvgIpc) is 2.93. The molecule has 0 saturated carbocycles. The lowest BCUT2D eigenvalue weighted by atomic mass is 10.1. The Morgan fingerprint density at radius 1 is 1.42 bits per heavy atom. The maximum absolute atomic E-state index is 12.0. The molecule has 2 rings (SSSR count). The van der Waals surface area contributed by atoms with Crippen molar-refractivity contribution in [3.63, 3.8) is 0 Å². The van der Waals surface area contributed by atoms with E-state index >= 15 is 0 Å². The third-order valence-electron chi connectivity index (χ3n) is 3.11. The molecule has 2 N–H and O–H groups in total. The Kier molecular flexibility index (Phi) is 4.52. The van der Waals surface area contributed by atoms with Crippen LogP contribution in [0.2, 0.25) is 0 Å². The highest BCUT2D eigenvalue weighted by molar-refractivity contribution is 6.01. The molecule has 1 fully saturated rings. The lowest BCUT2D eigenvalue weighted by Gasteiger charge is -2.13. The van der Waals surface area contributed by atoms with Crippen LogP contribution in [0.5, 0.6) is 0 Å². The van der Waals surface area contributed by atoms with Crippen LogP contribution in [0, 0.1) is 5.92 Å². The minimum Gasteiger partial charge on any atom is -0.462 e. The first-order valence-electron chi connectivity index (χ1n) is 6.50. The van der Waals surface area contributed by atoms with Crippen molar-refractivity contribution in [2.24, 2.45) is 5.92 Å². The summed E-state index contributed by atoms with van der Waals surface area (Å²) in [5, 5.41) is 5.96. The van der Waals surface area contributed by atoms with E-state index in [2.05, 4.69) is 10.6 Å². The van der Waals surface area contributed by atoms with Crippen LogP contribution in [-0.2, 0) is 9.53 Å². The average molecular weight is 262 g/mol. The second kappa shape index (κ2) is 6.33. The summed E-state index contributed by atoms with van der Waals surface area (Å²) in [6, 6.07) is 6.90. The summed E-state index contributed by atoms with van der Waals surface area (Å²) >= 11 is 0. The van der Waals surface area contributed by atoms with Crippen molar-refractivity contribution in [3.05, 3.63) is 29.8 Å². The number of benzene rings is 1. The van der Waals surface area contributed by atoms with Gasteiger partial charge in [-0.1, -0.05) is 12.1 Å². The molecule has 1 atom stereocenters. The van der Waals surface area contributed by atoms with Crippen LogP contribution < -0.4 is 10.6 Å². The van der Waals surface area contributed by atoms with E-state index in [1.165, 1.54) is 0 Å². The fourth-order valence-electron chi connectivity index (χ4n) is 2.09. The van der Waals surface area contributed by atoms with Crippen molar-refractivity contribution >= 4 is 17.6 Å². The molecule has 5 nitrogen and oxygen atoms in total. The molecule has 102 valence electrons. The first-order chi connectivity index (χ1) is 9.22. The SMILES string of the molecule is CCOC(=O)c1ccccc1NC(=O)C1CCNC1. The summed E-state index contributed by atoms with van der Waals surface area (Å²) in [7, 11) is 0. The monoisotopic (exact) mass is 262 g/mol. The number of hydrogen-bond acceptors (Lipinski definition) is 4. The van der Waals surface area contributed by atoms with Gasteiger partial charge in [-0.3, -0.25) is 4.79 Å². The van der Waals surface area contributed by atoms with Crippen molar-refractivity contribution in [1.29, 1.82) is 0 Å². The third-order valence-corrected chi connectivity index (χ3v) is 3.11. The zero-order valence-corrected chi connectivity index (χ0v) is 10.9. The predicted molar refractivity (Wildman–Crippen MR) is 72.0 cm³/mol. The highest BCUT2D eigenvalue weighted by Gasteiger charge is 2.23. The molecule has 1 aliphatic rings. The number of esters is 1. The van der Waals surface area contributed by atoms with Gasteiger partial charge in [0.2, 0.25) is 5.91 Å². The summed E-state index contributed by atoms with van der Waals surface area (Å²) in [6.45, 7) is 3.61. The van der Waals surface area contributed by atoms with E-state index < -0.39 is 5.97 Å². The Morgan fingerprint density at radius 3 is 2.89 bits per heavy atom. The van der Waals surface area contributed by atoms with E-state index in [4.69, 9.17) is 4.74 Å². The van der Waals surface area contributed by atoms with Crippen molar-refractivity contribution in [1.82, 2.24) is 5.32 Å². The molecule has 1 saturated heterocycles. The topological polar surface area (TPSA) is 67.4 Å². The standard InChI is InChI=1S/C14H18N2O3/c1-2-19-14(18)11-5-3-4-6-12(11)16-13(17)10-7-8-15-9-10/h3-6,10,15H,2,7-9H2,1H3,(H,16,17). The van der Waals surface area contributed by atoms with E-state index in [0.29, 0.717) is 24.4 Å². The van der Waals surface area contributed by atoms with Gasteiger partial charge in [-0.05, 0) is 32.0 Å². The summed E-state index contributed by atoms with van der Waals surface area (Å²) in [5.41, 5.74) is 0.904. The number of rotatable bonds is 4. The van der Waals surface area contributed by atoms with Gasteiger partial charge in [-0.15, -0.1) is 0 Å². The van der Waals surface area contributed by atoms with E-state index in [1.807, 2.05) is 0 Å². The summed E-state index contributed by atoms with van der Waals surface area (Å²) in [5.74, 6) is -0.500. The molecule has 0 aromatic heterocycles. The summed E-state index contributed by atoms with van der Waals surface area (Å²) in [6.07, 6.45) is 0.827. The molecule has 1 aromatic carbocycles. The van der Waals surface area contributed by atoms with Gasteiger partial charge >= 0.3 is 5.97 Å². The number of anilines is 1. The minimum absolute atomic E-state index is 0.0322. The number of para-hydroxylation sites is 1. The Bertz CT molecular complexity index is 468. The van der Waals surface area contributed by atoms with Crippen molar-refractivity contribution in [2.75, 3.05) is 25.0 Å². The van der Waals surface area contributed by atoms with Crippen molar-refractivity contribution < 1.29 is 14.3 Å². The van der Waals surface area contributed by atoms with Crippen LogP contribution in [0.3, 0.4) is 0 Å². The molecule has 0 radical (unpaired) electrons. The van der Waals surface area contributed by atoms with Crippen LogP contribution in [0.15, 0.2) is 24.3 Å². The number of hydrogen-bond donors (Lipinski definition) is 2. The van der Waals surface area contributed by atoms with Crippen LogP contribution in [0.25, 0.3) is 0 Å². The molecule has 0 aliphatic carbocycles. The quantitative estimate of drug-likeness (QED) is 0.805. The predicted octanol–water partition coefficient (Wildman–Crippen LogP) is 1.41. The maximum atomic E-state index is 12.0. The van der Waals surface area contributed by atoms with Gasteiger partial charge in [0.15, 0.2) is 0 Å². The normalized spacial score (nSPS) is 18.1. The minimum atomic E-state index is -0.414. The Labute approximate surface area is 112 Å². The molecular formula is C14H18N2O3. The molecule has 5 heteroatoms. The number of carbonyl (C=O) groups excluding carboxylic acids is 2. The highest BCUT2D eigenvalue weighted by atomic mass is 16.5. The van der Waals surface area contributed by atoms with Crippen molar-refractivity contribution in [3.8, 4) is 0 Å². The van der Waals surface area contributed by atoms with Gasteiger partial charge in [0.1, 0.15) is 0 Å². The summed E-state index contributed by atoms with van der Waals surface area (Å²) < 4.78 is 4.97. The third kappa shape index (κ3) is 3.32.